The number of hydrogen-bond donors (Lipinski definition) is 0. The van der Waals surface area contributed by atoms with Gasteiger partial charge in [0, 0.05) is 12.6 Å². The molecule has 0 saturated carbocycles. The second kappa shape index (κ2) is 30.6. The number of likely N-dealkylation sites (N-methyl/N-ethyl adjacent to an activating group) is 1. The van der Waals surface area contributed by atoms with E-state index in [4.69, 9.17) is 4.74 Å². The van der Waals surface area contributed by atoms with Gasteiger partial charge in [0.1, 0.15) is 0 Å². The summed E-state index contributed by atoms with van der Waals surface area (Å²) >= 11 is 0. The molecule has 0 spiro atoms. The Balaban J connectivity index is 3.46. The normalized spacial score (nSPS) is 13.0. The summed E-state index contributed by atoms with van der Waals surface area (Å²) in [5.41, 5.74) is 0. The lowest BCUT2D eigenvalue weighted by atomic mass is 10.0. The molecule has 0 aliphatic heterocycles. The van der Waals surface area contributed by atoms with Crippen molar-refractivity contribution in [2.24, 2.45) is 0 Å². The zero-order valence-electron chi connectivity index (χ0n) is 25.4. The molecule has 0 bridgehead atoms. The van der Waals surface area contributed by atoms with Crippen molar-refractivity contribution in [3.63, 3.8) is 0 Å². The Morgan fingerprint density at radius 1 is 0.528 bits per heavy atom. The molecule has 0 heterocycles. The Kier molecular flexibility index (Phi) is 30.1. The average molecular weight is 506 g/mol. The van der Waals surface area contributed by atoms with Gasteiger partial charge in [-0.05, 0) is 59.0 Å². The smallest absolute Gasteiger partial charge is 0.0621 e. The molecular formula is C34H67NO. The minimum atomic E-state index is 0.585. The van der Waals surface area contributed by atoms with Gasteiger partial charge in [0.15, 0.2) is 0 Å². The van der Waals surface area contributed by atoms with Crippen LogP contribution in [0.15, 0.2) is 24.3 Å². The highest BCUT2D eigenvalue weighted by Crippen LogP contribution is 2.14. The third kappa shape index (κ3) is 28.0. The van der Waals surface area contributed by atoms with E-state index in [0.717, 1.165) is 19.6 Å². The fourth-order valence-electron chi connectivity index (χ4n) is 4.77. The van der Waals surface area contributed by atoms with E-state index in [1.165, 1.54) is 141 Å². The molecule has 214 valence electrons. The van der Waals surface area contributed by atoms with E-state index in [1.54, 1.807) is 0 Å². The Morgan fingerprint density at radius 3 is 1.53 bits per heavy atom. The van der Waals surface area contributed by atoms with Crippen LogP contribution in [-0.2, 0) is 4.74 Å². The molecule has 1 atom stereocenters. The van der Waals surface area contributed by atoms with E-state index in [-0.39, 0.29) is 0 Å². The monoisotopic (exact) mass is 506 g/mol. The van der Waals surface area contributed by atoms with Crippen molar-refractivity contribution in [1.29, 1.82) is 0 Å². The molecule has 0 aliphatic rings. The van der Waals surface area contributed by atoms with E-state index in [9.17, 15) is 0 Å². The summed E-state index contributed by atoms with van der Waals surface area (Å²) in [6.07, 6.45) is 40.5. The molecule has 0 N–H and O–H groups in total. The van der Waals surface area contributed by atoms with Crippen molar-refractivity contribution < 1.29 is 4.74 Å². The van der Waals surface area contributed by atoms with Crippen LogP contribution in [0.1, 0.15) is 162 Å². The summed E-state index contributed by atoms with van der Waals surface area (Å²) in [5.74, 6) is 0. The van der Waals surface area contributed by atoms with Gasteiger partial charge < -0.3 is 9.64 Å². The molecule has 0 radical (unpaired) electrons. The van der Waals surface area contributed by atoms with Crippen LogP contribution in [0.4, 0.5) is 0 Å². The predicted molar refractivity (Wildman–Crippen MR) is 164 cm³/mol. The lowest BCUT2D eigenvalue weighted by molar-refractivity contribution is 0.0721. The maximum Gasteiger partial charge on any atom is 0.0621 e. The second-order valence-electron chi connectivity index (χ2n) is 11.2. The van der Waals surface area contributed by atoms with Gasteiger partial charge in [-0.1, -0.05) is 141 Å². The van der Waals surface area contributed by atoms with Gasteiger partial charge in [-0.15, -0.1) is 0 Å². The van der Waals surface area contributed by atoms with E-state index in [1.807, 2.05) is 0 Å². The van der Waals surface area contributed by atoms with Gasteiger partial charge in [0.25, 0.3) is 0 Å². The molecule has 0 amide bonds. The highest BCUT2D eigenvalue weighted by Gasteiger charge is 2.11. The van der Waals surface area contributed by atoms with Crippen LogP contribution in [0.5, 0.6) is 0 Å². The third-order valence-electron chi connectivity index (χ3n) is 7.42. The fraction of sp³-hybridized carbons (Fsp3) is 0.882. The van der Waals surface area contributed by atoms with E-state index in [0.29, 0.717) is 6.04 Å². The van der Waals surface area contributed by atoms with Crippen molar-refractivity contribution in [2.45, 2.75) is 168 Å². The maximum absolute atomic E-state index is 6.05. The maximum atomic E-state index is 6.05. The molecule has 0 fully saturated rings. The molecule has 0 aromatic heterocycles. The van der Waals surface area contributed by atoms with Gasteiger partial charge in [-0.25, -0.2) is 0 Å². The summed E-state index contributed by atoms with van der Waals surface area (Å²) in [4.78, 5) is 2.37. The van der Waals surface area contributed by atoms with Crippen LogP contribution in [0.3, 0.4) is 0 Å². The summed E-state index contributed by atoms with van der Waals surface area (Å²) in [7, 11) is 4.43. The van der Waals surface area contributed by atoms with Crippen molar-refractivity contribution in [3.05, 3.63) is 24.3 Å². The molecule has 0 unspecified atom stereocenters. The van der Waals surface area contributed by atoms with Gasteiger partial charge in [-0.2, -0.15) is 0 Å². The van der Waals surface area contributed by atoms with Crippen molar-refractivity contribution >= 4 is 0 Å². The van der Waals surface area contributed by atoms with Crippen LogP contribution in [0.2, 0.25) is 0 Å². The molecule has 2 nitrogen and oxygen atoms in total. The van der Waals surface area contributed by atoms with Gasteiger partial charge >= 0.3 is 0 Å². The summed E-state index contributed by atoms with van der Waals surface area (Å²) in [6, 6.07) is 0.585. The number of hydrogen-bond acceptors (Lipinski definition) is 2. The van der Waals surface area contributed by atoms with Gasteiger partial charge in [0.2, 0.25) is 0 Å². The topological polar surface area (TPSA) is 12.5 Å². The summed E-state index contributed by atoms with van der Waals surface area (Å²) < 4.78 is 6.05. The van der Waals surface area contributed by atoms with E-state index in [2.05, 4.69) is 57.1 Å². The SMILES string of the molecule is CCCCCC=CCC=CCCCCCCCCC[C@H](COCCCCCCCCCCC)N(C)C. The minimum absolute atomic E-state index is 0.585. The molecule has 36 heavy (non-hydrogen) atoms. The first-order valence-electron chi connectivity index (χ1n) is 16.3. The Labute approximate surface area is 228 Å². The highest BCUT2D eigenvalue weighted by molar-refractivity contribution is 4.92. The molecular weight excluding hydrogens is 438 g/mol. The number of unbranched alkanes of at least 4 members (excludes halogenated alkanes) is 18. The third-order valence-corrected chi connectivity index (χ3v) is 7.42. The van der Waals surface area contributed by atoms with Crippen LogP contribution in [0.25, 0.3) is 0 Å². The number of nitrogens with zero attached hydrogens (tertiary/aromatic N) is 1. The second-order valence-corrected chi connectivity index (χ2v) is 11.2. The van der Waals surface area contributed by atoms with E-state index >= 15 is 0 Å². The standard InChI is InChI=1S/C34H67NO/c1-5-7-9-11-13-15-16-17-18-19-20-21-22-23-25-27-29-31-34(35(3)4)33-36-32-30-28-26-24-14-12-10-8-6-2/h13,15,17-18,34H,5-12,14,16,19-33H2,1-4H3/t34-/m1/s1. The Hall–Kier alpha value is -0.600. The lowest BCUT2D eigenvalue weighted by Crippen LogP contribution is -2.32. The number of rotatable bonds is 29. The van der Waals surface area contributed by atoms with Crippen LogP contribution in [0, 0.1) is 0 Å². The quantitative estimate of drug-likeness (QED) is 0.0740. The van der Waals surface area contributed by atoms with Crippen LogP contribution >= 0.6 is 0 Å². The fourth-order valence-corrected chi connectivity index (χ4v) is 4.77. The molecule has 0 aromatic carbocycles. The minimum Gasteiger partial charge on any atom is -0.380 e. The van der Waals surface area contributed by atoms with Crippen molar-refractivity contribution in [2.75, 3.05) is 27.3 Å². The first kappa shape index (κ1) is 35.4. The molecule has 0 rings (SSSR count). The number of ether oxygens (including phenoxy) is 1. The van der Waals surface area contributed by atoms with Crippen LogP contribution < -0.4 is 0 Å². The molecule has 0 saturated heterocycles. The highest BCUT2D eigenvalue weighted by atomic mass is 16.5. The lowest BCUT2D eigenvalue weighted by Gasteiger charge is -2.24. The zero-order chi connectivity index (χ0) is 26.4. The number of allylic oxidation sites excluding steroid dienone is 4. The van der Waals surface area contributed by atoms with Crippen molar-refractivity contribution in [3.8, 4) is 0 Å². The zero-order valence-corrected chi connectivity index (χ0v) is 25.4. The molecule has 2 heteroatoms. The first-order chi connectivity index (χ1) is 17.7. The first-order valence-corrected chi connectivity index (χ1v) is 16.3. The summed E-state index contributed by atoms with van der Waals surface area (Å²) in [5, 5.41) is 0. The van der Waals surface area contributed by atoms with E-state index < -0.39 is 0 Å². The largest absolute Gasteiger partial charge is 0.380 e. The Bertz CT molecular complexity index is 456. The predicted octanol–water partition coefficient (Wildman–Crippen LogP) is 11.1. The Morgan fingerprint density at radius 2 is 0.972 bits per heavy atom. The van der Waals surface area contributed by atoms with Gasteiger partial charge in [-0.3, -0.25) is 0 Å². The van der Waals surface area contributed by atoms with Gasteiger partial charge in [0.05, 0.1) is 6.61 Å². The summed E-state index contributed by atoms with van der Waals surface area (Å²) in [6.45, 7) is 6.42. The molecule has 0 aliphatic carbocycles. The average Bonchev–Trinajstić information content (AvgIpc) is 2.87. The van der Waals surface area contributed by atoms with Crippen molar-refractivity contribution in [1.82, 2.24) is 4.90 Å². The van der Waals surface area contributed by atoms with Crippen LogP contribution in [-0.4, -0.2) is 38.3 Å². The molecule has 0 aromatic rings.